The zero-order chi connectivity index (χ0) is 22.8. The fourth-order valence-corrected chi connectivity index (χ4v) is 5.54. The molecule has 1 heterocycles. The van der Waals surface area contributed by atoms with Crippen molar-refractivity contribution in [1.82, 2.24) is 9.62 Å². The molecule has 1 fully saturated rings. The van der Waals surface area contributed by atoms with Gasteiger partial charge in [0, 0.05) is 17.3 Å². The Morgan fingerprint density at radius 2 is 1.71 bits per heavy atom. The van der Waals surface area contributed by atoms with Gasteiger partial charge in [-0.1, -0.05) is 17.7 Å². The topological polar surface area (TPSA) is 78.5 Å². The minimum absolute atomic E-state index is 0.122. The summed E-state index contributed by atoms with van der Waals surface area (Å²) >= 11 is 0. The molecule has 1 amide bonds. The van der Waals surface area contributed by atoms with Crippen LogP contribution in [0.3, 0.4) is 0 Å². The minimum atomic E-state index is -3.63. The molecule has 168 valence electrons. The highest BCUT2D eigenvalue weighted by atomic mass is 32.2. The normalized spacial score (nSPS) is 16.8. The number of amides is 1. The summed E-state index contributed by atoms with van der Waals surface area (Å²) in [6.45, 7) is 9.62. The summed E-state index contributed by atoms with van der Waals surface area (Å²) in [6, 6.07) is 10.4. The van der Waals surface area contributed by atoms with Gasteiger partial charge in [0.15, 0.2) is 0 Å². The molecule has 1 atom stereocenters. The summed E-state index contributed by atoms with van der Waals surface area (Å²) in [6.07, 6.45) is 1.98. The summed E-state index contributed by atoms with van der Waals surface area (Å²) in [5, 5.41) is 2.90. The molecule has 0 bridgehead atoms. The van der Waals surface area contributed by atoms with Crippen LogP contribution in [0.2, 0.25) is 0 Å². The summed E-state index contributed by atoms with van der Waals surface area (Å²) in [5.74, 6) is 0.133. The lowest BCUT2D eigenvalue weighted by molar-refractivity contribution is 0.102. The van der Waals surface area contributed by atoms with Gasteiger partial charge in [0.1, 0.15) is 0 Å². The number of likely N-dealkylation sites (tertiary alicyclic amines) is 1. The highest BCUT2D eigenvalue weighted by Gasteiger charge is 2.26. The number of aryl methyl sites for hydroxylation is 3. The van der Waals surface area contributed by atoms with Crippen LogP contribution in [-0.4, -0.2) is 45.4 Å². The van der Waals surface area contributed by atoms with E-state index in [1.54, 1.807) is 25.1 Å². The van der Waals surface area contributed by atoms with E-state index in [2.05, 4.69) is 22.0 Å². The first-order valence-electron chi connectivity index (χ1n) is 10.8. The van der Waals surface area contributed by atoms with E-state index in [1.165, 1.54) is 0 Å². The maximum Gasteiger partial charge on any atom is 0.255 e. The lowest BCUT2D eigenvalue weighted by Crippen LogP contribution is -2.42. The molecule has 1 unspecified atom stereocenters. The molecule has 3 rings (SSSR count). The number of piperidine rings is 1. The van der Waals surface area contributed by atoms with Gasteiger partial charge in [0.05, 0.1) is 4.90 Å². The predicted molar refractivity (Wildman–Crippen MR) is 125 cm³/mol. The van der Waals surface area contributed by atoms with Gasteiger partial charge in [-0.25, -0.2) is 13.1 Å². The zero-order valence-corrected chi connectivity index (χ0v) is 19.8. The standard InChI is InChI=1S/C24H33N3O3S/c1-16-6-8-22(17(2)14-16)24(28)25-23-9-7-21(15-18(23)3)31(29,30)26-19(4)20-10-12-27(5)13-11-20/h6-9,14-15,19-20,26H,10-13H2,1-5H3,(H,25,28). The Labute approximate surface area is 186 Å². The van der Waals surface area contributed by atoms with Crippen LogP contribution in [0.1, 0.15) is 46.8 Å². The van der Waals surface area contributed by atoms with Gasteiger partial charge in [-0.05, 0) is 102 Å². The van der Waals surface area contributed by atoms with Gasteiger partial charge in [-0.2, -0.15) is 0 Å². The van der Waals surface area contributed by atoms with Crippen LogP contribution in [0.15, 0.2) is 41.3 Å². The molecule has 1 aliphatic heterocycles. The van der Waals surface area contributed by atoms with E-state index >= 15 is 0 Å². The predicted octanol–water partition coefficient (Wildman–Crippen LogP) is 3.87. The van der Waals surface area contributed by atoms with Crippen molar-refractivity contribution in [1.29, 1.82) is 0 Å². The Morgan fingerprint density at radius 1 is 1.03 bits per heavy atom. The molecule has 1 aliphatic rings. The number of hydrogen-bond acceptors (Lipinski definition) is 4. The number of nitrogens with zero attached hydrogens (tertiary/aromatic N) is 1. The second-order valence-corrected chi connectivity index (χ2v) is 10.5. The molecule has 0 spiro atoms. The first kappa shape index (κ1) is 23.4. The van der Waals surface area contributed by atoms with Crippen molar-refractivity contribution < 1.29 is 13.2 Å². The number of carbonyl (C=O) groups excluding carboxylic acids is 1. The molecule has 31 heavy (non-hydrogen) atoms. The van der Waals surface area contributed by atoms with Crippen LogP contribution in [0, 0.1) is 26.7 Å². The fourth-order valence-electron chi connectivity index (χ4n) is 4.14. The van der Waals surface area contributed by atoms with E-state index < -0.39 is 10.0 Å². The third-order valence-corrected chi connectivity index (χ3v) is 7.75. The van der Waals surface area contributed by atoms with Crippen LogP contribution >= 0.6 is 0 Å². The second-order valence-electron chi connectivity index (χ2n) is 8.80. The van der Waals surface area contributed by atoms with Gasteiger partial charge in [0.2, 0.25) is 10.0 Å². The number of anilines is 1. The number of benzene rings is 2. The highest BCUT2D eigenvalue weighted by Crippen LogP contribution is 2.24. The van der Waals surface area contributed by atoms with Gasteiger partial charge in [-0.15, -0.1) is 0 Å². The number of carbonyl (C=O) groups is 1. The van der Waals surface area contributed by atoms with Gasteiger partial charge in [0.25, 0.3) is 5.91 Å². The van der Waals surface area contributed by atoms with Crippen molar-refractivity contribution in [3.8, 4) is 0 Å². The van der Waals surface area contributed by atoms with Crippen LogP contribution in [-0.2, 0) is 10.0 Å². The lowest BCUT2D eigenvalue weighted by atomic mass is 9.91. The average molecular weight is 444 g/mol. The van der Waals surface area contributed by atoms with Crippen molar-refractivity contribution in [2.24, 2.45) is 5.92 Å². The highest BCUT2D eigenvalue weighted by molar-refractivity contribution is 7.89. The van der Waals surface area contributed by atoms with Crippen molar-refractivity contribution in [3.05, 3.63) is 58.7 Å². The third-order valence-electron chi connectivity index (χ3n) is 6.19. The maximum absolute atomic E-state index is 12.9. The molecular formula is C24H33N3O3S. The van der Waals surface area contributed by atoms with Gasteiger partial charge >= 0.3 is 0 Å². The molecule has 2 N–H and O–H groups in total. The maximum atomic E-state index is 12.9. The molecule has 6 nitrogen and oxygen atoms in total. The molecule has 2 aromatic rings. The summed E-state index contributed by atoms with van der Waals surface area (Å²) < 4.78 is 28.7. The molecule has 2 aromatic carbocycles. The fraction of sp³-hybridized carbons (Fsp3) is 0.458. The molecule has 0 saturated carbocycles. The Hall–Kier alpha value is -2.22. The van der Waals surface area contributed by atoms with E-state index in [4.69, 9.17) is 0 Å². The molecule has 7 heteroatoms. The monoisotopic (exact) mass is 443 g/mol. The van der Waals surface area contributed by atoms with Gasteiger partial charge in [-0.3, -0.25) is 4.79 Å². The average Bonchev–Trinajstić information content (AvgIpc) is 2.69. The molecule has 0 aliphatic carbocycles. The van der Waals surface area contributed by atoms with Crippen LogP contribution in [0.25, 0.3) is 0 Å². The van der Waals surface area contributed by atoms with Crippen LogP contribution in [0.5, 0.6) is 0 Å². The van der Waals surface area contributed by atoms with Crippen molar-refractivity contribution in [3.63, 3.8) is 0 Å². The van der Waals surface area contributed by atoms with Crippen molar-refractivity contribution >= 4 is 21.6 Å². The molecule has 0 aromatic heterocycles. The van der Waals surface area contributed by atoms with Crippen molar-refractivity contribution in [2.45, 2.75) is 51.5 Å². The van der Waals surface area contributed by atoms with Gasteiger partial charge < -0.3 is 10.2 Å². The summed E-state index contributed by atoms with van der Waals surface area (Å²) in [4.78, 5) is 15.2. The van der Waals surface area contributed by atoms with Crippen LogP contribution < -0.4 is 10.0 Å². The third kappa shape index (κ3) is 5.73. The van der Waals surface area contributed by atoms with E-state index in [-0.39, 0.29) is 16.8 Å². The SMILES string of the molecule is Cc1ccc(C(=O)Nc2ccc(S(=O)(=O)NC(C)C3CCN(C)CC3)cc2C)c(C)c1. The summed E-state index contributed by atoms with van der Waals surface area (Å²) in [5.41, 5.74) is 3.92. The Balaban J connectivity index is 1.71. The van der Waals surface area contributed by atoms with E-state index in [0.717, 1.165) is 37.1 Å². The lowest BCUT2D eigenvalue weighted by Gasteiger charge is -2.32. The van der Waals surface area contributed by atoms with Crippen molar-refractivity contribution in [2.75, 3.05) is 25.5 Å². The minimum Gasteiger partial charge on any atom is -0.322 e. The Kier molecular flexibility index (Phi) is 7.19. The van der Waals surface area contributed by atoms with Crippen LogP contribution in [0.4, 0.5) is 5.69 Å². The zero-order valence-electron chi connectivity index (χ0n) is 19.0. The Morgan fingerprint density at radius 3 is 2.32 bits per heavy atom. The first-order valence-corrected chi connectivity index (χ1v) is 12.3. The smallest absolute Gasteiger partial charge is 0.255 e. The quantitative estimate of drug-likeness (QED) is 0.710. The largest absolute Gasteiger partial charge is 0.322 e. The van der Waals surface area contributed by atoms with E-state index in [1.807, 2.05) is 39.0 Å². The van der Waals surface area contributed by atoms with E-state index in [9.17, 15) is 13.2 Å². The number of nitrogens with one attached hydrogen (secondary N) is 2. The molecular weight excluding hydrogens is 410 g/mol. The Bertz CT molecular complexity index is 1060. The second kappa shape index (κ2) is 9.51. The summed E-state index contributed by atoms with van der Waals surface area (Å²) in [7, 11) is -1.54. The number of sulfonamides is 1. The molecule has 0 radical (unpaired) electrons. The number of hydrogen-bond donors (Lipinski definition) is 2. The van der Waals surface area contributed by atoms with E-state index in [0.29, 0.717) is 22.7 Å². The first-order chi connectivity index (χ1) is 14.6. The number of rotatable bonds is 6. The molecule has 1 saturated heterocycles.